The minimum absolute atomic E-state index is 0.127. The Labute approximate surface area is 192 Å². The normalized spacial score (nSPS) is 23.0. The second-order valence-electron chi connectivity index (χ2n) is 9.29. The number of hydrogen-bond donors (Lipinski definition) is 1. The quantitative estimate of drug-likeness (QED) is 0.650. The van der Waals surface area contributed by atoms with Crippen LogP contribution in [0.3, 0.4) is 0 Å². The summed E-state index contributed by atoms with van der Waals surface area (Å²) in [6.07, 6.45) is 5.94. The van der Waals surface area contributed by atoms with Gasteiger partial charge in [-0.05, 0) is 42.7 Å². The lowest BCUT2D eigenvalue weighted by Gasteiger charge is -2.43. The molecule has 1 fully saturated rings. The van der Waals surface area contributed by atoms with Crippen molar-refractivity contribution in [1.29, 1.82) is 0 Å². The van der Waals surface area contributed by atoms with Gasteiger partial charge in [-0.3, -0.25) is 14.4 Å². The van der Waals surface area contributed by atoms with E-state index in [1.54, 1.807) is 0 Å². The molecule has 1 aliphatic carbocycles. The Morgan fingerprint density at radius 3 is 2.70 bits per heavy atom. The summed E-state index contributed by atoms with van der Waals surface area (Å²) >= 11 is 0. The fourth-order valence-corrected chi connectivity index (χ4v) is 5.56. The largest absolute Gasteiger partial charge is 0.490 e. The molecule has 1 unspecified atom stereocenters. The third kappa shape index (κ3) is 3.15. The predicted molar refractivity (Wildman–Crippen MR) is 127 cm³/mol. The number of benzene rings is 2. The number of imidazole rings is 1. The van der Waals surface area contributed by atoms with Gasteiger partial charge in [0.05, 0.1) is 37.6 Å². The molecule has 3 aliphatic heterocycles. The summed E-state index contributed by atoms with van der Waals surface area (Å²) < 4.78 is 14.1. The highest BCUT2D eigenvalue weighted by atomic mass is 16.5. The van der Waals surface area contributed by atoms with E-state index in [0.29, 0.717) is 19.3 Å². The average molecular weight is 445 g/mol. The van der Waals surface area contributed by atoms with Crippen molar-refractivity contribution in [2.24, 2.45) is 4.99 Å². The Morgan fingerprint density at radius 1 is 0.939 bits per heavy atom. The van der Waals surface area contributed by atoms with Gasteiger partial charge in [-0.1, -0.05) is 31.0 Å². The number of fused-ring (bicyclic) bond motifs is 6. The Bertz CT molecular complexity index is 1230. The molecule has 1 N–H and O–H groups in total. The van der Waals surface area contributed by atoms with Crippen LogP contribution in [0, 0.1) is 0 Å². The van der Waals surface area contributed by atoms with Gasteiger partial charge >= 0.3 is 0 Å². The maximum atomic E-state index is 5.99. The molecule has 8 nitrogen and oxygen atoms in total. The van der Waals surface area contributed by atoms with Gasteiger partial charge in [0.2, 0.25) is 11.9 Å². The van der Waals surface area contributed by atoms with Crippen molar-refractivity contribution in [1.82, 2.24) is 19.8 Å². The maximum absolute atomic E-state index is 5.99. The van der Waals surface area contributed by atoms with Crippen LogP contribution in [0.15, 0.2) is 47.5 Å². The van der Waals surface area contributed by atoms with Crippen molar-refractivity contribution in [3.05, 3.63) is 48.0 Å². The van der Waals surface area contributed by atoms with E-state index in [4.69, 9.17) is 19.5 Å². The molecule has 0 bridgehead atoms. The van der Waals surface area contributed by atoms with E-state index < -0.39 is 0 Å². The van der Waals surface area contributed by atoms with Crippen LogP contribution in [0.2, 0.25) is 0 Å². The van der Waals surface area contributed by atoms with E-state index in [1.165, 1.54) is 25.7 Å². The summed E-state index contributed by atoms with van der Waals surface area (Å²) in [5.74, 6) is 3.45. The van der Waals surface area contributed by atoms with Crippen molar-refractivity contribution in [3.8, 4) is 11.5 Å². The van der Waals surface area contributed by atoms with Crippen molar-refractivity contribution in [2.45, 2.75) is 44.3 Å². The standard InChI is InChI=1S/C25H28N6O2/c1-2-7-18(6-1)29-15-26-24-28-23(17-10-11-21-22(14-17)33-13-5-12-32-21)31-20-9-4-3-8-19(20)27-25(31)30(24)16-29/h3-4,8-11,14,18,23H,1-2,5-7,12-13,15-16H2,(H,26,28). The van der Waals surface area contributed by atoms with Gasteiger partial charge in [0.15, 0.2) is 11.5 Å². The van der Waals surface area contributed by atoms with Crippen LogP contribution in [0.1, 0.15) is 43.8 Å². The van der Waals surface area contributed by atoms with Gasteiger partial charge in [0.25, 0.3) is 0 Å². The van der Waals surface area contributed by atoms with E-state index in [0.717, 1.165) is 59.8 Å². The first-order valence-electron chi connectivity index (χ1n) is 12.0. The van der Waals surface area contributed by atoms with Gasteiger partial charge in [-0.15, -0.1) is 0 Å². The number of guanidine groups is 1. The van der Waals surface area contributed by atoms with Gasteiger partial charge in [0.1, 0.15) is 6.17 Å². The molecule has 0 radical (unpaired) electrons. The molecule has 1 aromatic heterocycles. The molecule has 0 amide bonds. The summed E-state index contributed by atoms with van der Waals surface area (Å²) in [7, 11) is 0. The monoisotopic (exact) mass is 444 g/mol. The Morgan fingerprint density at radius 2 is 1.79 bits per heavy atom. The summed E-state index contributed by atoms with van der Waals surface area (Å²) in [6.45, 7) is 2.91. The minimum atomic E-state index is -0.127. The van der Waals surface area contributed by atoms with E-state index in [-0.39, 0.29) is 6.17 Å². The number of aromatic nitrogens is 2. The summed E-state index contributed by atoms with van der Waals surface area (Å²) in [5, 5.41) is 3.72. The lowest BCUT2D eigenvalue weighted by atomic mass is 10.1. The number of aliphatic imine (C=N–C) groups is 1. The molecule has 33 heavy (non-hydrogen) atoms. The van der Waals surface area contributed by atoms with Crippen molar-refractivity contribution in [2.75, 3.05) is 31.5 Å². The number of ether oxygens (including phenoxy) is 2. The van der Waals surface area contributed by atoms with Gasteiger partial charge in [-0.25, -0.2) is 9.98 Å². The predicted octanol–water partition coefficient (Wildman–Crippen LogP) is 3.68. The zero-order chi connectivity index (χ0) is 21.8. The molecular weight excluding hydrogens is 416 g/mol. The molecule has 0 spiro atoms. The number of anilines is 1. The van der Waals surface area contributed by atoms with Crippen LogP contribution in [0.4, 0.5) is 5.95 Å². The van der Waals surface area contributed by atoms with Crippen LogP contribution >= 0.6 is 0 Å². The first-order valence-corrected chi connectivity index (χ1v) is 12.0. The summed E-state index contributed by atoms with van der Waals surface area (Å²) in [5.41, 5.74) is 3.20. The van der Waals surface area contributed by atoms with Gasteiger partial charge in [-0.2, -0.15) is 0 Å². The first kappa shape index (κ1) is 19.2. The van der Waals surface area contributed by atoms with Crippen LogP contribution in [0.5, 0.6) is 11.5 Å². The molecule has 4 heterocycles. The van der Waals surface area contributed by atoms with E-state index >= 15 is 0 Å². The lowest BCUT2D eigenvalue weighted by molar-refractivity contribution is 0.198. The first-order chi connectivity index (χ1) is 16.3. The van der Waals surface area contributed by atoms with Crippen molar-refractivity contribution >= 4 is 22.9 Å². The highest BCUT2D eigenvalue weighted by Crippen LogP contribution is 2.38. The Kier molecular flexibility index (Phi) is 4.46. The smallest absolute Gasteiger partial charge is 0.216 e. The molecule has 1 saturated carbocycles. The molecule has 2 aromatic carbocycles. The fraction of sp³-hybridized carbons (Fsp3) is 0.440. The van der Waals surface area contributed by atoms with Gasteiger partial charge in [0, 0.05) is 12.5 Å². The van der Waals surface area contributed by atoms with E-state index in [2.05, 4.69) is 50.0 Å². The second-order valence-corrected chi connectivity index (χ2v) is 9.29. The lowest BCUT2D eigenvalue weighted by Crippen LogP contribution is -2.58. The zero-order valence-electron chi connectivity index (χ0n) is 18.6. The summed E-state index contributed by atoms with van der Waals surface area (Å²) in [6, 6.07) is 15.2. The highest BCUT2D eigenvalue weighted by Gasteiger charge is 2.38. The second kappa shape index (κ2) is 7.66. The van der Waals surface area contributed by atoms with Crippen LogP contribution in [0.25, 0.3) is 11.0 Å². The van der Waals surface area contributed by atoms with E-state index in [1.807, 2.05) is 12.1 Å². The number of rotatable bonds is 2. The number of hydrogen-bond acceptors (Lipinski definition) is 7. The van der Waals surface area contributed by atoms with Gasteiger partial charge < -0.3 is 14.8 Å². The van der Waals surface area contributed by atoms with Crippen LogP contribution in [-0.4, -0.2) is 53.0 Å². The number of nitrogens with zero attached hydrogens (tertiary/aromatic N) is 5. The average Bonchev–Trinajstić information content (AvgIpc) is 3.46. The van der Waals surface area contributed by atoms with E-state index in [9.17, 15) is 0 Å². The van der Waals surface area contributed by atoms with Crippen molar-refractivity contribution in [3.63, 3.8) is 0 Å². The summed E-state index contributed by atoms with van der Waals surface area (Å²) in [4.78, 5) is 14.8. The highest BCUT2D eigenvalue weighted by molar-refractivity contribution is 5.98. The molecule has 4 aliphatic rings. The Balaban J connectivity index is 1.33. The molecule has 0 saturated heterocycles. The fourth-order valence-electron chi connectivity index (χ4n) is 5.56. The Hall–Kier alpha value is -3.26. The molecular formula is C25H28N6O2. The SMILES string of the molecule is c1ccc2c(c1)nc1n2C(c2ccc3c(c2)OCCCO3)NC2=NCN(C3CCCC3)CN21. The maximum Gasteiger partial charge on any atom is 0.216 e. The number of nitrogens with one attached hydrogen (secondary N) is 1. The number of para-hydroxylation sites is 2. The zero-order valence-corrected chi connectivity index (χ0v) is 18.6. The molecule has 7 rings (SSSR count). The third-order valence-corrected chi connectivity index (χ3v) is 7.25. The van der Waals surface area contributed by atoms with Crippen LogP contribution < -0.4 is 19.7 Å². The third-order valence-electron chi connectivity index (χ3n) is 7.25. The van der Waals surface area contributed by atoms with Crippen molar-refractivity contribution < 1.29 is 9.47 Å². The van der Waals surface area contributed by atoms with Crippen LogP contribution in [-0.2, 0) is 0 Å². The minimum Gasteiger partial charge on any atom is -0.490 e. The topological polar surface area (TPSA) is 67.2 Å². The molecule has 170 valence electrons. The molecule has 1 atom stereocenters. The molecule has 3 aromatic rings. The molecule has 8 heteroatoms.